The van der Waals surface area contributed by atoms with Gasteiger partial charge in [0.15, 0.2) is 0 Å². The van der Waals surface area contributed by atoms with Crippen molar-refractivity contribution in [2.45, 2.75) is 6.18 Å². The van der Waals surface area contributed by atoms with Crippen molar-refractivity contribution in [3.63, 3.8) is 0 Å². The number of morpholine rings is 1. The summed E-state index contributed by atoms with van der Waals surface area (Å²) >= 11 is 0. The first-order chi connectivity index (χ1) is 14.9. The van der Waals surface area contributed by atoms with Crippen molar-refractivity contribution in [3.05, 3.63) is 78.0 Å². The summed E-state index contributed by atoms with van der Waals surface area (Å²) in [5.74, 6) is -0.303. The molecule has 1 aromatic heterocycles. The quantitative estimate of drug-likeness (QED) is 0.646. The van der Waals surface area contributed by atoms with Gasteiger partial charge in [-0.2, -0.15) is 13.2 Å². The fraction of sp³-hybridized carbons (Fsp3) is 0.217. The number of carbonyl (C=O) groups is 1. The molecule has 0 aliphatic carbocycles. The van der Waals surface area contributed by atoms with Crippen molar-refractivity contribution < 1.29 is 22.7 Å². The lowest BCUT2D eigenvalue weighted by molar-refractivity contribution is -0.137. The predicted octanol–water partition coefficient (Wildman–Crippen LogP) is 4.86. The van der Waals surface area contributed by atoms with Crippen molar-refractivity contribution in [2.24, 2.45) is 0 Å². The van der Waals surface area contributed by atoms with Crippen molar-refractivity contribution >= 4 is 17.3 Å². The fourth-order valence-electron chi connectivity index (χ4n) is 3.34. The molecule has 0 bridgehead atoms. The summed E-state index contributed by atoms with van der Waals surface area (Å²) < 4.78 is 44.1. The molecule has 2 aromatic carbocycles. The van der Waals surface area contributed by atoms with Gasteiger partial charge in [-0.05, 0) is 48.5 Å². The number of alkyl halides is 3. The monoisotopic (exact) mass is 427 g/mol. The summed E-state index contributed by atoms with van der Waals surface area (Å²) in [6.07, 6.45) is -3.31. The standard InChI is InChI=1S/C23H20F3N3O2/c24-23(25,26)18-9-10-27-21(15-18)16-1-3-17(4-2-16)22(30)28-19-5-7-20(8-6-19)29-11-13-31-14-12-29/h1-10,15H,11-14H2,(H,28,30). The Bertz CT molecular complexity index is 1040. The molecule has 0 spiro atoms. The summed E-state index contributed by atoms with van der Waals surface area (Å²) in [4.78, 5) is 18.7. The van der Waals surface area contributed by atoms with Gasteiger partial charge in [0, 0.05) is 41.8 Å². The molecule has 31 heavy (non-hydrogen) atoms. The van der Waals surface area contributed by atoms with E-state index in [-0.39, 0.29) is 11.6 Å². The maximum atomic E-state index is 12.9. The summed E-state index contributed by atoms with van der Waals surface area (Å²) in [5.41, 5.74) is 2.05. The smallest absolute Gasteiger partial charge is 0.378 e. The number of rotatable bonds is 4. The number of ether oxygens (including phenoxy) is 1. The summed E-state index contributed by atoms with van der Waals surface area (Å²) in [5, 5.41) is 2.83. The topological polar surface area (TPSA) is 54.5 Å². The summed E-state index contributed by atoms with van der Waals surface area (Å²) in [6.45, 7) is 3.06. The molecule has 8 heteroatoms. The van der Waals surface area contributed by atoms with E-state index in [4.69, 9.17) is 4.74 Å². The average molecular weight is 427 g/mol. The van der Waals surface area contributed by atoms with Crippen LogP contribution in [-0.2, 0) is 10.9 Å². The van der Waals surface area contributed by atoms with Crippen molar-refractivity contribution in [2.75, 3.05) is 36.5 Å². The average Bonchev–Trinajstić information content (AvgIpc) is 2.80. The fourth-order valence-corrected chi connectivity index (χ4v) is 3.34. The minimum Gasteiger partial charge on any atom is -0.378 e. The van der Waals surface area contributed by atoms with Crippen LogP contribution in [0.4, 0.5) is 24.5 Å². The number of hydrogen-bond acceptors (Lipinski definition) is 4. The SMILES string of the molecule is O=C(Nc1ccc(N2CCOCC2)cc1)c1ccc(-c2cc(C(F)(F)F)ccn2)cc1. The second kappa shape index (κ2) is 8.77. The van der Waals surface area contributed by atoms with Crippen LogP contribution < -0.4 is 10.2 Å². The van der Waals surface area contributed by atoms with Crippen LogP contribution >= 0.6 is 0 Å². The van der Waals surface area contributed by atoms with Crippen LogP contribution in [0.15, 0.2) is 66.9 Å². The van der Waals surface area contributed by atoms with Gasteiger partial charge >= 0.3 is 6.18 Å². The Hall–Kier alpha value is -3.39. The Labute approximate surface area is 177 Å². The van der Waals surface area contributed by atoms with Crippen LogP contribution in [-0.4, -0.2) is 37.2 Å². The number of nitrogens with one attached hydrogen (secondary N) is 1. The number of carbonyl (C=O) groups excluding carboxylic acids is 1. The maximum Gasteiger partial charge on any atom is 0.416 e. The third kappa shape index (κ3) is 5.03. The lowest BCUT2D eigenvalue weighted by atomic mass is 10.1. The molecule has 1 N–H and O–H groups in total. The molecular weight excluding hydrogens is 407 g/mol. The number of amides is 1. The summed E-state index contributed by atoms with van der Waals surface area (Å²) in [7, 11) is 0. The molecule has 0 atom stereocenters. The van der Waals surface area contributed by atoms with E-state index < -0.39 is 11.7 Å². The molecule has 0 saturated carbocycles. The number of halogens is 3. The first-order valence-electron chi connectivity index (χ1n) is 9.78. The molecule has 3 aromatic rings. The molecule has 4 rings (SSSR count). The van der Waals surface area contributed by atoms with Crippen LogP contribution in [0, 0.1) is 0 Å². The number of benzene rings is 2. The van der Waals surface area contributed by atoms with Gasteiger partial charge in [0.25, 0.3) is 5.91 Å². The Balaban J connectivity index is 1.43. The maximum absolute atomic E-state index is 12.9. The molecule has 1 amide bonds. The third-order valence-corrected chi connectivity index (χ3v) is 5.03. The first-order valence-corrected chi connectivity index (χ1v) is 9.78. The lowest BCUT2D eigenvalue weighted by Gasteiger charge is -2.28. The molecule has 1 fully saturated rings. The Morgan fingerprint density at radius 3 is 2.29 bits per heavy atom. The van der Waals surface area contributed by atoms with Crippen molar-refractivity contribution in [1.29, 1.82) is 0 Å². The zero-order valence-corrected chi connectivity index (χ0v) is 16.5. The van der Waals surface area contributed by atoms with Crippen molar-refractivity contribution in [3.8, 4) is 11.3 Å². The molecule has 1 aliphatic heterocycles. The number of pyridine rings is 1. The van der Waals surface area contributed by atoms with Crippen LogP contribution in [0.5, 0.6) is 0 Å². The predicted molar refractivity (Wildman–Crippen MR) is 112 cm³/mol. The van der Waals surface area contributed by atoms with Crippen LogP contribution in [0.3, 0.4) is 0 Å². The largest absolute Gasteiger partial charge is 0.416 e. The van der Waals surface area contributed by atoms with Gasteiger partial charge in [-0.15, -0.1) is 0 Å². The zero-order chi connectivity index (χ0) is 21.8. The molecule has 2 heterocycles. The third-order valence-electron chi connectivity index (χ3n) is 5.03. The van der Waals surface area contributed by atoms with Crippen molar-refractivity contribution in [1.82, 2.24) is 4.98 Å². The highest BCUT2D eigenvalue weighted by molar-refractivity contribution is 6.04. The van der Waals surface area contributed by atoms with Gasteiger partial charge in [-0.3, -0.25) is 9.78 Å². The van der Waals surface area contributed by atoms with Gasteiger partial charge in [-0.25, -0.2) is 0 Å². The molecule has 160 valence electrons. The van der Waals surface area contributed by atoms with E-state index in [1.165, 1.54) is 0 Å². The van der Waals surface area contributed by atoms with E-state index >= 15 is 0 Å². The molecule has 1 aliphatic rings. The Morgan fingerprint density at radius 2 is 1.65 bits per heavy atom. The van der Waals surface area contributed by atoms with Crippen LogP contribution in [0.1, 0.15) is 15.9 Å². The molecular formula is C23H20F3N3O2. The van der Waals surface area contributed by atoms with Gasteiger partial charge in [0.05, 0.1) is 24.5 Å². The molecule has 5 nitrogen and oxygen atoms in total. The van der Waals surface area contributed by atoms with E-state index in [1.54, 1.807) is 24.3 Å². The normalized spacial score (nSPS) is 14.4. The lowest BCUT2D eigenvalue weighted by Crippen LogP contribution is -2.36. The van der Waals surface area contributed by atoms with E-state index in [0.717, 1.165) is 37.1 Å². The summed E-state index contributed by atoms with van der Waals surface area (Å²) in [6, 6.07) is 15.8. The molecule has 0 unspecified atom stereocenters. The van der Waals surface area contributed by atoms with E-state index in [0.29, 0.717) is 30.0 Å². The first kappa shape index (κ1) is 20.9. The Kier molecular flexibility index (Phi) is 5.90. The van der Waals surface area contributed by atoms with Crippen LogP contribution in [0.25, 0.3) is 11.3 Å². The van der Waals surface area contributed by atoms with Gasteiger partial charge < -0.3 is 15.0 Å². The van der Waals surface area contributed by atoms with Crippen LogP contribution in [0.2, 0.25) is 0 Å². The molecule has 1 saturated heterocycles. The number of hydrogen-bond donors (Lipinski definition) is 1. The number of nitrogens with zero attached hydrogens (tertiary/aromatic N) is 2. The minimum atomic E-state index is -4.44. The van der Waals surface area contributed by atoms with Gasteiger partial charge in [0.2, 0.25) is 0 Å². The highest BCUT2D eigenvalue weighted by Gasteiger charge is 2.30. The Morgan fingerprint density at radius 1 is 0.968 bits per heavy atom. The highest BCUT2D eigenvalue weighted by atomic mass is 19.4. The number of anilines is 2. The number of aromatic nitrogens is 1. The second-order valence-electron chi connectivity index (χ2n) is 7.11. The van der Waals surface area contributed by atoms with E-state index in [1.807, 2.05) is 24.3 Å². The second-order valence-corrected chi connectivity index (χ2v) is 7.11. The van der Waals surface area contributed by atoms with Gasteiger partial charge in [-0.1, -0.05) is 12.1 Å². The minimum absolute atomic E-state index is 0.195. The van der Waals surface area contributed by atoms with E-state index in [9.17, 15) is 18.0 Å². The van der Waals surface area contributed by atoms with Gasteiger partial charge in [0.1, 0.15) is 0 Å². The zero-order valence-electron chi connectivity index (χ0n) is 16.5. The van der Waals surface area contributed by atoms with E-state index in [2.05, 4.69) is 15.2 Å². The highest BCUT2D eigenvalue weighted by Crippen LogP contribution is 2.31. The molecule has 0 radical (unpaired) electrons.